The second-order valence-corrected chi connectivity index (χ2v) is 2.68. The van der Waals surface area contributed by atoms with Crippen LogP contribution in [0.25, 0.3) is 0 Å². The molecular formula is C8H11N2. The summed E-state index contributed by atoms with van der Waals surface area (Å²) in [7, 11) is 0. The SMILES string of the molecule is [c]1[nH]ccc1N1CCCC1. The maximum Gasteiger partial charge on any atom is 0.0878 e. The molecule has 1 aromatic heterocycles. The zero-order valence-electron chi connectivity index (χ0n) is 5.93. The molecule has 1 radical (unpaired) electrons. The number of H-pyrrole nitrogens is 1. The standard InChI is InChI=1S/C8H11N2/c1-2-6-10(5-1)8-3-4-9-7-8/h3-4,9H,1-2,5-6H2. The number of aromatic nitrogens is 1. The second kappa shape index (κ2) is 2.37. The Balaban J connectivity index is 2.12. The van der Waals surface area contributed by atoms with Crippen LogP contribution in [0.5, 0.6) is 0 Å². The van der Waals surface area contributed by atoms with Gasteiger partial charge < -0.3 is 9.88 Å². The van der Waals surface area contributed by atoms with Gasteiger partial charge in [0.15, 0.2) is 0 Å². The van der Waals surface area contributed by atoms with Crippen molar-refractivity contribution >= 4 is 5.69 Å². The summed E-state index contributed by atoms with van der Waals surface area (Å²) >= 11 is 0. The maximum absolute atomic E-state index is 3.08. The third-order valence-electron chi connectivity index (χ3n) is 1.97. The molecule has 10 heavy (non-hydrogen) atoms. The molecule has 0 aromatic carbocycles. The maximum atomic E-state index is 3.08. The Labute approximate surface area is 60.9 Å². The van der Waals surface area contributed by atoms with Crippen molar-refractivity contribution in [2.75, 3.05) is 18.0 Å². The van der Waals surface area contributed by atoms with E-state index in [0.29, 0.717) is 0 Å². The fourth-order valence-electron chi connectivity index (χ4n) is 1.42. The van der Waals surface area contributed by atoms with E-state index in [-0.39, 0.29) is 0 Å². The van der Waals surface area contributed by atoms with Gasteiger partial charge in [-0.2, -0.15) is 0 Å². The molecule has 1 aromatic rings. The number of aromatic amines is 1. The van der Waals surface area contributed by atoms with Crippen LogP contribution in [0.15, 0.2) is 12.3 Å². The van der Waals surface area contributed by atoms with E-state index in [9.17, 15) is 0 Å². The largest absolute Gasteiger partial charge is 0.370 e. The fraction of sp³-hybridized carbons (Fsp3) is 0.500. The predicted molar refractivity (Wildman–Crippen MR) is 41.1 cm³/mol. The predicted octanol–water partition coefficient (Wildman–Crippen LogP) is 1.42. The van der Waals surface area contributed by atoms with Gasteiger partial charge in [-0.05, 0) is 18.9 Å². The summed E-state index contributed by atoms with van der Waals surface area (Å²) in [6.07, 6.45) is 7.67. The Bertz CT molecular complexity index is 185. The summed E-state index contributed by atoms with van der Waals surface area (Å²) in [4.78, 5) is 5.30. The average Bonchev–Trinajstić information content (AvgIpc) is 2.59. The van der Waals surface area contributed by atoms with Gasteiger partial charge in [0.2, 0.25) is 0 Å². The summed E-state index contributed by atoms with van der Waals surface area (Å²) in [5.41, 5.74) is 1.22. The van der Waals surface area contributed by atoms with Gasteiger partial charge in [-0.15, -0.1) is 0 Å². The topological polar surface area (TPSA) is 19.0 Å². The molecule has 1 aliphatic rings. The number of nitrogens with one attached hydrogen (secondary N) is 1. The van der Waals surface area contributed by atoms with E-state index in [0.717, 1.165) is 0 Å². The highest BCUT2D eigenvalue weighted by Crippen LogP contribution is 2.17. The van der Waals surface area contributed by atoms with Crippen LogP contribution in [0.4, 0.5) is 5.69 Å². The van der Waals surface area contributed by atoms with Gasteiger partial charge in [0.25, 0.3) is 0 Å². The van der Waals surface area contributed by atoms with E-state index in [1.54, 1.807) is 0 Å². The molecule has 2 nitrogen and oxygen atoms in total. The molecule has 0 saturated carbocycles. The van der Waals surface area contributed by atoms with Gasteiger partial charge in [-0.1, -0.05) is 0 Å². The van der Waals surface area contributed by atoms with Crippen molar-refractivity contribution in [3.8, 4) is 0 Å². The van der Waals surface area contributed by atoms with E-state index < -0.39 is 0 Å². The summed E-state index contributed by atoms with van der Waals surface area (Å²) in [5.74, 6) is 0. The van der Waals surface area contributed by atoms with Crippen molar-refractivity contribution in [3.05, 3.63) is 18.5 Å². The Morgan fingerprint density at radius 1 is 1.40 bits per heavy atom. The number of anilines is 1. The van der Waals surface area contributed by atoms with Crippen LogP contribution in [0.1, 0.15) is 12.8 Å². The first-order valence-electron chi connectivity index (χ1n) is 3.77. The van der Waals surface area contributed by atoms with Crippen LogP contribution in [-0.2, 0) is 0 Å². The van der Waals surface area contributed by atoms with E-state index in [4.69, 9.17) is 0 Å². The number of nitrogens with zero attached hydrogens (tertiary/aromatic N) is 1. The summed E-state index contributed by atoms with van der Waals surface area (Å²) in [6, 6.07) is 2.07. The highest BCUT2D eigenvalue weighted by atomic mass is 15.1. The van der Waals surface area contributed by atoms with Gasteiger partial charge >= 0.3 is 0 Å². The van der Waals surface area contributed by atoms with Crippen LogP contribution in [0, 0.1) is 6.20 Å². The Kier molecular flexibility index (Phi) is 1.38. The molecule has 2 heteroatoms. The lowest BCUT2D eigenvalue weighted by atomic mass is 10.4. The van der Waals surface area contributed by atoms with Crippen molar-refractivity contribution in [1.82, 2.24) is 4.98 Å². The molecule has 1 N–H and O–H groups in total. The molecule has 1 aliphatic heterocycles. The smallest absolute Gasteiger partial charge is 0.0878 e. The van der Waals surface area contributed by atoms with Gasteiger partial charge in [-0.3, -0.25) is 0 Å². The third-order valence-corrected chi connectivity index (χ3v) is 1.97. The molecule has 0 aliphatic carbocycles. The van der Waals surface area contributed by atoms with Crippen LogP contribution in [-0.4, -0.2) is 18.1 Å². The number of hydrogen-bond acceptors (Lipinski definition) is 1. The Morgan fingerprint density at radius 2 is 2.20 bits per heavy atom. The molecule has 1 saturated heterocycles. The Morgan fingerprint density at radius 3 is 2.80 bits per heavy atom. The highest BCUT2D eigenvalue weighted by Gasteiger charge is 2.11. The summed E-state index contributed by atoms with van der Waals surface area (Å²) in [6.45, 7) is 2.41. The zero-order chi connectivity index (χ0) is 6.81. The van der Waals surface area contributed by atoms with Crippen LogP contribution < -0.4 is 4.90 Å². The van der Waals surface area contributed by atoms with Gasteiger partial charge in [0.05, 0.1) is 11.9 Å². The first-order chi connectivity index (χ1) is 4.97. The molecule has 1 fully saturated rings. The number of rotatable bonds is 1. The average molecular weight is 135 g/mol. The second-order valence-electron chi connectivity index (χ2n) is 2.68. The molecule has 0 atom stereocenters. The van der Waals surface area contributed by atoms with Crippen molar-refractivity contribution in [2.24, 2.45) is 0 Å². The quantitative estimate of drug-likeness (QED) is 0.617. The lowest BCUT2D eigenvalue weighted by Crippen LogP contribution is -2.16. The van der Waals surface area contributed by atoms with Crippen molar-refractivity contribution < 1.29 is 0 Å². The molecule has 53 valence electrons. The Hall–Kier alpha value is -0.920. The van der Waals surface area contributed by atoms with Gasteiger partial charge in [0, 0.05) is 19.3 Å². The number of hydrogen-bond donors (Lipinski definition) is 1. The zero-order valence-corrected chi connectivity index (χ0v) is 5.93. The first kappa shape index (κ1) is 5.83. The molecule has 0 bridgehead atoms. The third kappa shape index (κ3) is 0.897. The molecule has 2 rings (SSSR count). The molecule has 2 heterocycles. The van der Waals surface area contributed by atoms with E-state index in [1.165, 1.54) is 31.6 Å². The highest BCUT2D eigenvalue weighted by molar-refractivity contribution is 5.43. The van der Waals surface area contributed by atoms with E-state index >= 15 is 0 Å². The fourth-order valence-corrected chi connectivity index (χ4v) is 1.42. The van der Waals surface area contributed by atoms with Crippen LogP contribution >= 0.6 is 0 Å². The van der Waals surface area contributed by atoms with Crippen molar-refractivity contribution in [1.29, 1.82) is 0 Å². The molecule has 0 unspecified atom stereocenters. The monoisotopic (exact) mass is 135 g/mol. The van der Waals surface area contributed by atoms with Crippen LogP contribution in [0.2, 0.25) is 0 Å². The molecule has 0 amide bonds. The minimum atomic E-state index is 1.20. The van der Waals surface area contributed by atoms with E-state index in [1.807, 2.05) is 6.20 Å². The lowest BCUT2D eigenvalue weighted by molar-refractivity contribution is 0.949. The van der Waals surface area contributed by atoms with Crippen LogP contribution in [0.3, 0.4) is 0 Å². The summed E-state index contributed by atoms with van der Waals surface area (Å²) in [5, 5.41) is 0. The minimum Gasteiger partial charge on any atom is -0.370 e. The van der Waals surface area contributed by atoms with Gasteiger partial charge in [0.1, 0.15) is 0 Å². The van der Waals surface area contributed by atoms with Gasteiger partial charge in [-0.25, -0.2) is 0 Å². The lowest BCUT2D eigenvalue weighted by Gasteiger charge is -2.13. The van der Waals surface area contributed by atoms with E-state index in [2.05, 4.69) is 22.1 Å². The van der Waals surface area contributed by atoms with Crippen molar-refractivity contribution in [2.45, 2.75) is 12.8 Å². The summed E-state index contributed by atoms with van der Waals surface area (Å²) < 4.78 is 0. The van der Waals surface area contributed by atoms with Crippen molar-refractivity contribution in [3.63, 3.8) is 0 Å². The normalized spacial score (nSPS) is 18.2. The molecular weight excluding hydrogens is 124 g/mol. The molecule has 0 spiro atoms. The minimum absolute atomic E-state index is 1.20. The first-order valence-corrected chi connectivity index (χ1v) is 3.77.